The Morgan fingerprint density at radius 3 is 1.25 bits per heavy atom. The first-order valence-electron chi connectivity index (χ1n) is 0.129. The molecule has 0 amide bonds. The van der Waals surface area contributed by atoms with E-state index in [1.54, 1.807) is 0 Å². The first-order valence-corrected chi connectivity index (χ1v) is 0.532. The Balaban J connectivity index is -0.00000000500. The van der Waals surface area contributed by atoms with Crippen LogP contribution in [0.2, 0.25) is 0 Å². The Bertz CT molecular complexity index is 8.00. The van der Waals surface area contributed by atoms with Crippen LogP contribution < -0.4 is 0 Å². The summed E-state index contributed by atoms with van der Waals surface area (Å²) in [6, 6.07) is 0. The van der Waals surface area contributed by atoms with Crippen molar-refractivity contribution in [2.75, 3.05) is 0 Å². The quantitative estimate of drug-likeness (QED) is 0.333. The van der Waals surface area contributed by atoms with Crippen molar-refractivity contribution in [3.05, 3.63) is 0 Å². The number of hydrogen-bond acceptors (Lipinski definition) is 1. The summed E-state index contributed by atoms with van der Waals surface area (Å²) in [5.74, 6) is 0. The first-order chi connectivity index (χ1) is 1.00. The first kappa shape index (κ1) is 18.1. The van der Waals surface area contributed by atoms with Crippen molar-refractivity contribution in [2.24, 2.45) is 0 Å². The van der Waals surface area contributed by atoms with Gasteiger partial charge in [0.05, 0.1) is 0 Å². The van der Waals surface area contributed by atoms with Crippen molar-refractivity contribution in [1.82, 2.24) is 0 Å². The average Bonchev–Trinajstić information content (AvgIpc) is 1.00. The van der Waals surface area contributed by atoms with Gasteiger partial charge in [0.25, 0.3) is 0 Å². The molecule has 0 aromatic carbocycles. The molecule has 0 rings (SSSR count). The van der Waals surface area contributed by atoms with Gasteiger partial charge in [-0.25, -0.2) is 0 Å². The van der Waals surface area contributed by atoms with Crippen LogP contribution in [-0.4, -0.2) is 36.2 Å². The van der Waals surface area contributed by atoms with Crippen LogP contribution in [0.5, 0.6) is 0 Å². The fraction of sp³-hybridized carbons (Fsp3) is 0. The molecule has 0 aliphatic heterocycles. The molecular formula is H4AlLiNiO. The van der Waals surface area contributed by atoms with Crippen molar-refractivity contribution in [1.29, 1.82) is 0 Å². The van der Waals surface area contributed by atoms with Crippen LogP contribution in [0.4, 0.5) is 0 Å². The number of hydrogen-bond donors (Lipinski definition) is 0. The minimum atomic E-state index is 0. The zero-order valence-corrected chi connectivity index (χ0v) is 1.71. The maximum absolute atomic E-state index is 7.88. The second kappa shape index (κ2) is 25.6. The van der Waals surface area contributed by atoms with E-state index in [9.17, 15) is 0 Å². The van der Waals surface area contributed by atoms with Gasteiger partial charge in [-0.1, -0.05) is 0 Å². The average molecular weight is 113 g/mol. The summed E-state index contributed by atoms with van der Waals surface area (Å²) in [6.45, 7) is 0. The van der Waals surface area contributed by atoms with E-state index in [0.717, 1.165) is 0 Å². The van der Waals surface area contributed by atoms with Gasteiger partial charge < -0.3 is 0 Å². The molecule has 0 aromatic rings. The van der Waals surface area contributed by atoms with Crippen molar-refractivity contribution in [3.63, 3.8) is 0 Å². The molecule has 0 unspecified atom stereocenters. The second-order valence-electron chi connectivity index (χ2n) is 0. The van der Waals surface area contributed by atoms with Crippen molar-refractivity contribution in [3.8, 4) is 0 Å². The SMILES string of the molecule is [AlH3].[LiH].[O]=[Ni]. The van der Waals surface area contributed by atoms with Crippen LogP contribution in [0.3, 0.4) is 0 Å². The van der Waals surface area contributed by atoms with E-state index in [-0.39, 0.29) is 36.2 Å². The molecule has 0 atom stereocenters. The minimum absolute atomic E-state index is 0. The van der Waals surface area contributed by atoms with E-state index < -0.39 is 0 Å². The van der Waals surface area contributed by atoms with Gasteiger partial charge in [-0.2, -0.15) is 0 Å². The summed E-state index contributed by atoms with van der Waals surface area (Å²) in [5.41, 5.74) is 0. The molecule has 4 heteroatoms. The molecule has 24 valence electrons. The van der Waals surface area contributed by atoms with E-state index in [1.807, 2.05) is 0 Å². The Hall–Kier alpha value is 1.42. The Morgan fingerprint density at radius 2 is 1.25 bits per heavy atom. The third-order valence-electron chi connectivity index (χ3n) is 0. The van der Waals surface area contributed by atoms with Gasteiger partial charge in [0.2, 0.25) is 0 Å². The third kappa shape index (κ3) is 9.92. The second-order valence-corrected chi connectivity index (χ2v) is 0. The summed E-state index contributed by atoms with van der Waals surface area (Å²) in [6.07, 6.45) is 0. The summed E-state index contributed by atoms with van der Waals surface area (Å²) >= 11 is 2.62. The van der Waals surface area contributed by atoms with Gasteiger partial charge in [-0.3, -0.25) is 0 Å². The maximum atomic E-state index is 7.88. The van der Waals surface area contributed by atoms with Crippen LogP contribution >= 0.6 is 0 Å². The molecule has 0 bridgehead atoms. The molecule has 0 heterocycles. The fourth-order valence-electron chi connectivity index (χ4n) is 0. The fourth-order valence-corrected chi connectivity index (χ4v) is 0. The van der Waals surface area contributed by atoms with E-state index in [1.165, 1.54) is 0 Å². The van der Waals surface area contributed by atoms with Crippen molar-refractivity contribution < 1.29 is 19.3 Å². The van der Waals surface area contributed by atoms with Crippen LogP contribution in [-0.2, 0) is 19.3 Å². The molecule has 0 saturated heterocycles. The molecule has 1 nitrogen and oxygen atoms in total. The molecule has 0 fully saturated rings. The molecule has 4 heavy (non-hydrogen) atoms. The zero-order chi connectivity index (χ0) is 2.00. The van der Waals surface area contributed by atoms with E-state index in [0.29, 0.717) is 0 Å². The summed E-state index contributed by atoms with van der Waals surface area (Å²) in [4.78, 5) is 0. The zero-order valence-electron chi connectivity index (χ0n) is 0.724. The van der Waals surface area contributed by atoms with Crippen molar-refractivity contribution in [2.45, 2.75) is 0 Å². The van der Waals surface area contributed by atoms with Crippen LogP contribution in [0.25, 0.3) is 0 Å². The molecule has 0 radical (unpaired) electrons. The Labute approximate surface area is 55.4 Å². The van der Waals surface area contributed by atoms with E-state index >= 15 is 0 Å². The van der Waals surface area contributed by atoms with Gasteiger partial charge >= 0.3 is 38.1 Å². The molecule has 0 spiro atoms. The predicted molar refractivity (Wildman–Crippen MR) is 17.8 cm³/mol. The molecule has 0 saturated carbocycles. The summed E-state index contributed by atoms with van der Waals surface area (Å²) in [5, 5.41) is 0. The van der Waals surface area contributed by atoms with E-state index in [2.05, 4.69) is 15.4 Å². The van der Waals surface area contributed by atoms with Gasteiger partial charge in [0, 0.05) is 0 Å². The monoisotopic (exact) mass is 112 g/mol. The summed E-state index contributed by atoms with van der Waals surface area (Å²) in [7, 11) is 0. The summed E-state index contributed by atoms with van der Waals surface area (Å²) < 4.78 is 7.88. The molecule has 0 aliphatic rings. The van der Waals surface area contributed by atoms with Gasteiger partial charge in [0.1, 0.15) is 0 Å². The molecule has 0 aliphatic carbocycles. The normalized spacial score (nSPS) is 1.50. The van der Waals surface area contributed by atoms with Crippen LogP contribution in [0, 0.1) is 0 Å². The van der Waals surface area contributed by atoms with Crippen LogP contribution in [0.15, 0.2) is 0 Å². The van der Waals surface area contributed by atoms with Gasteiger partial charge in [-0.05, 0) is 0 Å². The topological polar surface area (TPSA) is 17.1 Å². The Kier molecular flexibility index (Phi) is 116. The predicted octanol–water partition coefficient (Wildman–Crippen LogP) is -1.95. The molecule has 0 N–H and O–H groups in total. The third-order valence-corrected chi connectivity index (χ3v) is 0. The van der Waals surface area contributed by atoms with Crippen LogP contribution in [0.1, 0.15) is 0 Å². The molecule has 0 aromatic heterocycles. The standard InChI is InChI=1S/Al.Li.Ni.O.4H. The van der Waals surface area contributed by atoms with Gasteiger partial charge in [0.15, 0.2) is 17.4 Å². The Morgan fingerprint density at radius 1 is 1.25 bits per heavy atom. The molecular weight excluding hydrogens is 109 g/mol. The van der Waals surface area contributed by atoms with E-state index in [4.69, 9.17) is 3.90 Å². The number of rotatable bonds is 0. The van der Waals surface area contributed by atoms with Gasteiger partial charge in [-0.15, -0.1) is 0 Å². The van der Waals surface area contributed by atoms with Crippen molar-refractivity contribution >= 4 is 36.2 Å².